The summed E-state index contributed by atoms with van der Waals surface area (Å²) in [5.74, 6) is 2.06. The molecule has 0 saturated carbocycles. The van der Waals surface area contributed by atoms with Crippen LogP contribution in [0.15, 0.2) is 35.2 Å². The fourth-order valence-electron chi connectivity index (χ4n) is 6.22. The smallest absolute Gasteiger partial charge is 0.175 e. The quantitative estimate of drug-likeness (QED) is 0.469. The van der Waals surface area contributed by atoms with Gasteiger partial charge in [-0.1, -0.05) is 13.8 Å². The van der Waals surface area contributed by atoms with Crippen LogP contribution in [0.4, 0.5) is 0 Å². The molecule has 1 aromatic carbocycles. The van der Waals surface area contributed by atoms with Crippen molar-refractivity contribution >= 4 is 20.9 Å². The van der Waals surface area contributed by atoms with Gasteiger partial charge < -0.3 is 14.4 Å². The Morgan fingerprint density at radius 2 is 1.62 bits per heavy atom. The minimum Gasteiger partial charge on any atom is -0.327 e. The van der Waals surface area contributed by atoms with Crippen molar-refractivity contribution < 1.29 is 8.42 Å². The third-order valence-electron chi connectivity index (χ3n) is 8.25. The van der Waals surface area contributed by atoms with Gasteiger partial charge in [0.25, 0.3) is 0 Å². The zero-order valence-electron chi connectivity index (χ0n) is 22.9. The maximum absolute atomic E-state index is 11.8. The molecule has 5 rings (SSSR count). The van der Waals surface area contributed by atoms with E-state index in [1.54, 1.807) is 12.1 Å². The van der Waals surface area contributed by atoms with Gasteiger partial charge in [-0.3, -0.25) is 4.98 Å². The third-order valence-corrected chi connectivity index (χ3v) is 9.38. The highest BCUT2D eigenvalue weighted by atomic mass is 32.2. The molecule has 0 bridgehead atoms. The van der Waals surface area contributed by atoms with Crippen LogP contribution in [-0.4, -0.2) is 77.8 Å². The maximum atomic E-state index is 11.8. The molecule has 8 heteroatoms. The Hall–Kier alpha value is -2.29. The predicted octanol–water partition coefficient (Wildman–Crippen LogP) is 4.65. The van der Waals surface area contributed by atoms with Crippen molar-refractivity contribution in [2.45, 2.75) is 63.3 Å². The largest absolute Gasteiger partial charge is 0.327 e. The van der Waals surface area contributed by atoms with E-state index in [0.717, 1.165) is 66.0 Å². The predicted molar refractivity (Wildman–Crippen MR) is 150 cm³/mol. The summed E-state index contributed by atoms with van der Waals surface area (Å²) >= 11 is 0. The van der Waals surface area contributed by atoms with Crippen molar-refractivity contribution in [3.8, 4) is 11.4 Å². The van der Waals surface area contributed by atoms with Gasteiger partial charge in [0.05, 0.1) is 16.1 Å². The lowest BCUT2D eigenvalue weighted by Crippen LogP contribution is -2.48. The number of nitrogens with zero attached hydrogens (tertiary/aromatic N) is 5. The van der Waals surface area contributed by atoms with Crippen LogP contribution in [0.2, 0.25) is 0 Å². The van der Waals surface area contributed by atoms with Crippen LogP contribution in [-0.2, 0) is 16.9 Å². The molecule has 2 fully saturated rings. The first kappa shape index (κ1) is 26.3. The molecule has 4 heterocycles. The van der Waals surface area contributed by atoms with Crippen LogP contribution < -0.4 is 0 Å². The molecular formula is C29H41N5O2S. The Bertz CT molecular complexity index is 1350. The molecule has 2 aliphatic rings. The van der Waals surface area contributed by atoms with E-state index in [4.69, 9.17) is 9.97 Å². The van der Waals surface area contributed by atoms with E-state index < -0.39 is 9.84 Å². The van der Waals surface area contributed by atoms with Gasteiger partial charge >= 0.3 is 0 Å². The number of aryl methyl sites for hydroxylation is 2. The summed E-state index contributed by atoms with van der Waals surface area (Å²) in [6, 6.07) is 9.95. The Morgan fingerprint density at radius 3 is 2.22 bits per heavy atom. The van der Waals surface area contributed by atoms with Gasteiger partial charge in [0.1, 0.15) is 11.3 Å². The summed E-state index contributed by atoms with van der Waals surface area (Å²) in [7, 11) is -1.19. The maximum Gasteiger partial charge on any atom is 0.175 e. The summed E-state index contributed by atoms with van der Waals surface area (Å²) in [5, 5.41) is 0. The monoisotopic (exact) mass is 523 g/mol. The van der Waals surface area contributed by atoms with Crippen molar-refractivity contribution in [2.24, 2.45) is 13.0 Å². The Labute approximate surface area is 221 Å². The van der Waals surface area contributed by atoms with Gasteiger partial charge in [-0.15, -0.1) is 0 Å². The lowest BCUT2D eigenvalue weighted by molar-refractivity contribution is 0.0824. The molecule has 0 spiro atoms. The second kappa shape index (κ2) is 10.5. The fourth-order valence-corrected chi connectivity index (χ4v) is 6.85. The average Bonchev–Trinajstić information content (AvgIpc) is 3.21. The highest BCUT2D eigenvalue weighted by Crippen LogP contribution is 2.33. The summed E-state index contributed by atoms with van der Waals surface area (Å²) < 4.78 is 25.8. The fraction of sp³-hybridized carbons (Fsp3) is 0.586. The van der Waals surface area contributed by atoms with E-state index in [0.29, 0.717) is 10.8 Å². The zero-order chi connectivity index (χ0) is 26.3. The number of imidazole rings is 1. The van der Waals surface area contributed by atoms with Crippen molar-refractivity contribution in [3.05, 3.63) is 41.7 Å². The van der Waals surface area contributed by atoms with Crippen LogP contribution in [0.1, 0.15) is 56.8 Å². The van der Waals surface area contributed by atoms with E-state index in [2.05, 4.69) is 41.2 Å². The first-order valence-electron chi connectivity index (χ1n) is 13.7. The first-order valence-corrected chi connectivity index (χ1v) is 15.6. The number of piperidine rings is 2. The molecule has 0 aliphatic carbocycles. The second-order valence-electron chi connectivity index (χ2n) is 11.5. The Kier molecular flexibility index (Phi) is 7.44. The Balaban J connectivity index is 1.29. The molecule has 37 heavy (non-hydrogen) atoms. The number of sulfone groups is 1. The molecule has 0 N–H and O–H groups in total. The van der Waals surface area contributed by atoms with Gasteiger partial charge in [0, 0.05) is 43.1 Å². The SMILES string of the molecule is Cc1nc(C2CCN(C3CCN(CC(C)C)CC3)CC2)cc2c1nc(-c1ccc(S(C)(=O)=O)cc1)n2C. The molecule has 0 unspecified atom stereocenters. The summed E-state index contributed by atoms with van der Waals surface area (Å²) in [6.07, 6.45) is 6.13. The van der Waals surface area contributed by atoms with E-state index in [9.17, 15) is 8.42 Å². The zero-order valence-corrected chi connectivity index (χ0v) is 23.8. The van der Waals surface area contributed by atoms with Gasteiger partial charge in [-0.25, -0.2) is 13.4 Å². The first-order chi connectivity index (χ1) is 17.6. The molecule has 3 aromatic rings. The number of aromatic nitrogens is 3. The highest BCUT2D eigenvalue weighted by molar-refractivity contribution is 7.90. The number of rotatable bonds is 6. The Morgan fingerprint density at radius 1 is 0.973 bits per heavy atom. The number of pyridine rings is 1. The molecule has 200 valence electrons. The summed E-state index contributed by atoms with van der Waals surface area (Å²) in [5.41, 5.74) is 5.05. The second-order valence-corrected chi connectivity index (χ2v) is 13.5. The van der Waals surface area contributed by atoms with Crippen molar-refractivity contribution in [3.63, 3.8) is 0 Å². The van der Waals surface area contributed by atoms with E-state index >= 15 is 0 Å². The van der Waals surface area contributed by atoms with E-state index in [-0.39, 0.29) is 0 Å². The number of benzene rings is 1. The lowest BCUT2D eigenvalue weighted by Gasteiger charge is -2.42. The topological polar surface area (TPSA) is 71.3 Å². The van der Waals surface area contributed by atoms with Gasteiger partial charge in [-0.2, -0.15) is 0 Å². The number of hydrogen-bond acceptors (Lipinski definition) is 6. The summed E-state index contributed by atoms with van der Waals surface area (Å²) in [4.78, 5) is 15.6. The third kappa shape index (κ3) is 5.61. The van der Waals surface area contributed by atoms with Crippen molar-refractivity contribution in [1.82, 2.24) is 24.3 Å². The van der Waals surface area contributed by atoms with E-state index in [1.807, 2.05) is 19.2 Å². The number of hydrogen-bond donors (Lipinski definition) is 0. The number of likely N-dealkylation sites (tertiary alicyclic amines) is 2. The standard InChI is InChI=1S/C29H41N5O2S/c1-20(2)19-33-14-12-24(13-15-33)34-16-10-22(11-17-34)26-18-27-28(21(3)30-26)31-29(32(27)4)23-6-8-25(9-7-23)37(5,35)36/h6-9,18,20,22,24H,10-17,19H2,1-5H3. The van der Waals surface area contributed by atoms with Crippen LogP contribution in [0.5, 0.6) is 0 Å². The molecule has 7 nitrogen and oxygen atoms in total. The molecule has 0 radical (unpaired) electrons. The minimum atomic E-state index is -3.22. The van der Waals surface area contributed by atoms with Crippen LogP contribution in [0, 0.1) is 12.8 Å². The van der Waals surface area contributed by atoms with E-state index in [1.165, 1.54) is 44.4 Å². The normalized spacial score (nSPS) is 19.3. The molecule has 2 aliphatic heterocycles. The summed E-state index contributed by atoms with van der Waals surface area (Å²) in [6.45, 7) is 12.7. The van der Waals surface area contributed by atoms with Crippen molar-refractivity contribution in [1.29, 1.82) is 0 Å². The molecular weight excluding hydrogens is 482 g/mol. The molecule has 2 saturated heterocycles. The number of fused-ring (bicyclic) bond motifs is 1. The average molecular weight is 524 g/mol. The highest BCUT2D eigenvalue weighted by Gasteiger charge is 2.30. The molecule has 0 amide bonds. The van der Waals surface area contributed by atoms with Gasteiger partial charge in [-0.05, 0) is 95.0 Å². The van der Waals surface area contributed by atoms with Gasteiger partial charge in [0.2, 0.25) is 0 Å². The van der Waals surface area contributed by atoms with Crippen LogP contribution in [0.25, 0.3) is 22.4 Å². The molecule has 2 aromatic heterocycles. The van der Waals surface area contributed by atoms with Crippen LogP contribution in [0.3, 0.4) is 0 Å². The van der Waals surface area contributed by atoms with Crippen molar-refractivity contribution in [2.75, 3.05) is 39.0 Å². The minimum absolute atomic E-state index is 0.322. The van der Waals surface area contributed by atoms with Crippen LogP contribution >= 0.6 is 0 Å². The van der Waals surface area contributed by atoms with Gasteiger partial charge in [0.15, 0.2) is 9.84 Å². The molecule has 0 atom stereocenters. The lowest BCUT2D eigenvalue weighted by atomic mass is 9.90.